The Hall–Kier alpha value is -0.830. The molecule has 0 spiro atoms. The highest BCUT2D eigenvalue weighted by Gasteiger charge is 2.21. The van der Waals surface area contributed by atoms with E-state index in [0.717, 1.165) is 6.54 Å². The Balaban J connectivity index is 2.16. The molecule has 1 aromatic heterocycles. The lowest BCUT2D eigenvalue weighted by Gasteiger charge is -2.13. The minimum Gasteiger partial charge on any atom is -0.310 e. The molecular formula is C14H25N3. The minimum atomic E-state index is 0.531. The van der Waals surface area contributed by atoms with Gasteiger partial charge in [0.2, 0.25) is 0 Å². The Morgan fingerprint density at radius 3 is 2.53 bits per heavy atom. The van der Waals surface area contributed by atoms with Crippen LogP contribution < -0.4 is 5.32 Å². The smallest absolute Gasteiger partial charge is 0.0641 e. The first-order valence-corrected chi connectivity index (χ1v) is 6.87. The number of aryl methyl sites for hydroxylation is 1. The van der Waals surface area contributed by atoms with E-state index in [2.05, 4.69) is 37.7 Å². The van der Waals surface area contributed by atoms with E-state index in [4.69, 9.17) is 5.10 Å². The van der Waals surface area contributed by atoms with E-state index in [-0.39, 0.29) is 0 Å². The zero-order valence-electron chi connectivity index (χ0n) is 11.6. The third-order valence-electron chi connectivity index (χ3n) is 3.83. The SMILES string of the molecule is Cc1nn(C2CCCC2)c(C)c1CNC(C)C. The minimum absolute atomic E-state index is 0.531. The van der Waals surface area contributed by atoms with Gasteiger partial charge in [-0.05, 0) is 26.7 Å². The third kappa shape index (κ3) is 2.71. The second-order valence-corrected chi connectivity index (χ2v) is 5.57. The molecule has 1 aromatic rings. The van der Waals surface area contributed by atoms with Crippen molar-refractivity contribution < 1.29 is 0 Å². The van der Waals surface area contributed by atoms with Crippen LogP contribution in [0.4, 0.5) is 0 Å². The Labute approximate surface area is 105 Å². The first kappa shape index (κ1) is 12.6. The Kier molecular flexibility index (Phi) is 3.87. The fourth-order valence-corrected chi connectivity index (χ4v) is 2.76. The van der Waals surface area contributed by atoms with Crippen LogP contribution in [0.15, 0.2) is 0 Å². The molecule has 0 unspecified atom stereocenters. The zero-order valence-corrected chi connectivity index (χ0v) is 11.6. The molecule has 3 nitrogen and oxygen atoms in total. The molecule has 0 atom stereocenters. The summed E-state index contributed by atoms with van der Waals surface area (Å²) in [5.41, 5.74) is 3.95. The van der Waals surface area contributed by atoms with Gasteiger partial charge in [0.15, 0.2) is 0 Å². The standard InChI is InChI=1S/C14H25N3/c1-10(2)15-9-14-11(3)16-17(12(14)4)13-7-5-6-8-13/h10,13,15H,5-9H2,1-4H3. The summed E-state index contributed by atoms with van der Waals surface area (Å²) < 4.78 is 2.28. The Morgan fingerprint density at radius 2 is 1.94 bits per heavy atom. The van der Waals surface area contributed by atoms with Gasteiger partial charge in [0.25, 0.3) is 0 Å². The molecule has 2 rings (SSSR count). The molecule has 96 valence electrons. The van der Waals surface area contributed by atoms with Gasteiger partial charge < -0.3 is 5.32 Å². The van der Waals surface area contributed by atoms with Gasteiger partial charge in [0, 0.05) is 23.8 Å². The summed E-state index contributed by atoms with van der Waals surface area (Å²) in [4.78, 5) is 0. The van der Waals surface area contributed by atoms with Crippen molar-refractivity contribution in [3.8, 4) is 0 Å². The molecule has 1 saturated carbocycles. The van der Waals surface area contributed by atoms with Crippen LogP contribution in [0.1, 0.15) is 62.5 Å². The predicted molar refractivity (Wildman–Crippen MR) is 71.2 cm³/mol. The highest BCUT2D eigenvalue weighted by Crippen LogP contribution is 2.31. The first-order chi connectivity index (χ1) is 8.09. The molecule has 1 heterocycles. The summed E-state index contributed by atoms with van der Waals surface area (Å²) in [6.45, 7) is 9.67. The lowest BCUT2D eigenvalue weighted by molar-refractivity contribution is 0.453. The maximum atomic E-state index is 4.75. The van der Waals surface area contributed by atoms with Crippen LogP contribution in [-0.4, -0.2) is 15.8 Å². The van der Waals surface area contributed by atoms with Crippen molar-refractivity contribution in [3.63, 3.8) is 0 Å². The summed E-state index contributed by atoms with van der Waals surface area (Å²) in [5.74, 6) is 0. The lowest BCUT2D eigenvalue weighted by Crippen LogP contribution is -2.22. The van der Waals surface area contributed by atoms with E-state index in [1.165, 1.54) is 42.6 Å². The van der Waals surface area contributed by atoms with E-state index in [1.807, 2.05) is 0 Å². The number of aromatic nitrogens is 2. The predicted octanol–water partition coefficient (Wildman–Crippen LogP) is 3.11. The second-order valence-electron chi connectivity index (χ2n) is 5.57. The van der Waals surface area contributed by atoms with Gasteiger partial charge in [-0.2, -0.15) is 5.10 Å². The maximum Gasteiger partial charge on any atom is 0.0641 e. The molecule has 1 aliphatic rings. The Morgan fingerprint density at radius 1 is 1.29 bits per heavy atom. The second kappa shape index (κ2) is 5.21. The molecule has 0 aliphatic heterocycles. The summed E-state index contributed by atoms with van der Waals surface area (Å²) >= 11 is 0. The monoisotopic (exact) mass is 235 g/mol. The van der Waals surface area contributed by atoms with Crippen molar-refractivity contribution in [3.05, 3.63) is 17.0 Å². The highest BCUT2D eigenvalue weighted by atomic mass is 15.3. The van der Waals surface area contributed by atoms with Crippen molar-refractivity contribution in [2.24, 2.45) is 0 Å². The fraction of sp³-hybridized carbons (Fsp3) is 0.786. The van der Waals surface area contributed by atoms with Gasteiger partial charge in [0.1, 0.15) is 0 Å². The fourth-order valence-electron chi connectivity index (χ4n) is 2.76. The van der Waals surface area contributed by atoms with E-state index < -0.39 is 0 Å². The molecule has 1 fully saturated rings. The van der Waals surface area contributed by atoms with Crippen LogP contribution in [0, 0.1) is 13.8 Å². The van der Waals surface area contributed by atoms with E-state index in [9.17, 15) is 0 Å². The summed E-state index contributed by atoms with van der Waals surface area (Å²) in [6, 6.07) is 1.19. The van der Waals surface area contributed by atoms with Gasteiger partial charge >= 0.3 is 0 Å². The largest absolute Gasteiger partial charge is 0.310 e. The molecule has 1 aliphatic carbocycles. The molecular weight excluding hydrogens is 210 g/mol. The van der Waals surface area contributed by atoms with Crippen LogP contribution in [0.2, 0.25) is 0 Å². The number of rotatable bonds is 4. The molecule has 0 saturated heterocycles. The van der Waals surface area contributed by atoms with Gasteiger partial charge in [-0.15, -0.1) is 0 Å². The van der Waals surface area contributed by atoms with Crippen molar-refractivity contribution >= 4 is 0 Å². The van der Waals surface area contributed by atoms with Crippen molar-refractivity contribution in [2.75, 3.05) is 0 Å². The third-order valence-corrected chi connectivity index (χ3v) is 3.83. The molecule has 0 bridgehead atoms. The van der Waals surface area contributed by atoms with Gasteiger partial charge in [-0.1, -0.05) is 26.7 Å². The number of hydrogen-bond acceptors (Lipinski definition) is 2. The van der Waals surface area contributed by atoms with Crippen molar-refractivity contribution in [1.82, 2.24) is 15.1 Å². The van der Waals surface area contributed by atoms with Crippen LogP contribution in [-0.2, 0) is 6.54 Å². The zero-order chi connectivity index (χ0) is 12.4. The van der Waals surface area contributed by atoms with E-state index in [1.54, 1.807) is 0 Å². The maximum absolute atomic E-state index is 4.75. The quantitative estimate of drug-likeness (QED) is 0.869. The topological polar surface area (TPSA) is 29.9 Å². The van der Waals surface area contributed by atoms with Crippen LogP contribution >= 0.6 is 0 Å². The molecule has 3 heteroatoms. The van der Waals surface area contributed by atoms with Gasteiger partial charge in [0.05, 0.1) is 11.7 Å². The average molecular weight is 235 g/mol. The van der Waals surface area contributed by atoms with Gasteiger partial charge in [-0.3, -0.25) is 4.68 Å². The normalized spacial score (nSPS) is 17.2. The molecule has 1 N–H and O–H groups in total. The number of nitrogens with one attached hydrogen (secondary N) is 1. The van der Waals surface area contributed by atoms with Crippen molar-refractivity contribution in [2.45, 2.75) is 72.0 Å². The highest BCUT2D eigenvalue weighted by molar-refractivity contribution is 5.25. The van der Waals surface area contributed by atoms with Crippen molar-refractivity contribution in [1.29, 1.82) is 0 Å². The summed E-state index contributed by atoms with van der Waals surface area (Å²) in [6.07, 6.45) is 5.34. The summed E-state index contributed by atoms with van der Waals surface area (Å²) in [7, 11) is 0. The molecule has 0 aromatic carbocycles. The first-order valence-electron chi connectivity index (χ1n) is 6.87. The van der Waals surface area contributed by atoms with E-state index >= 15 is 0 Å². The molecule has 0 amide bonds. The summed E-state index contributed by atoms with van der Waals surface area (Å²) in [5, 5.41) is 8.24. The van der Waals surface area contributed by atoms with Crippen LogP contribution in [0.3, 0.4) is 0 Å². The number of hydrogen-bond donors (Lipinski definition) is 1. The average Bonchev–Trinajstić information content (AvgIpc) is 2.85. The number of nitrogens with zero attached hydrogens (tertiary/aromatic N) is 2. The lowest BCUT2D eigenvalue weighted by atomic mass is 10.1. The Bertz CT molecular complexity index is 373. The van der Waals surface area contributed by atoms with E-state index in [0.29, 0.717) is 12.1 Å². The molecule has 0 radical (unpaired) electrons. The van der Waals surface area contributed by atoms with Crippen LogP contribution in [0.5, 0.6) is 0 Å². The van der Waals surface area contributed by atoms with Gasteiger partial charge in [-0.25, -0.2) is 0 Å². The van der Waals surface area contributed by atoms with Crippen LogP contribution in [0.25, 0.3) is 0 Å². The molecule has 17 heavy (non-hydrogen) atoms.